The molecule has 3 saturated carbocycles. The van der Waals surface area contributed by atoms with Crippen LogP contribution in [0.1, 0.15) is 98.8 Å². The van der Waals surface area contributed by atoms with Crippen LogP contribution in [-0.2, 0) is 0 Å². The van der Waals surface area contributed by atoms with Crippen molar-refractivity contribution in [2.45, 2.75) is 116 Å². The first-order valence-electron chi connectivity index (χ1n) is 12.5. The third-order valence-corrected chi connectivity index (χ3v) is 8.69. The number of fused-ring (bicyclic) bond motifs is 1. The van der Waals surface area contributed by atoms with Crippen LogP contribution in [0, 0.1) is 23.2 Å². The molecule has 2 unspecified atom stereocenters. The highest BCUT2D eigenvalue weighted by Crippen LogP contribution is 2.60. The first-order valence-corrected chi connectivity index (χ1v) is 12.5. The molecule has 0 heterocycles. The number of aliphatic hydroxyl groups excluding tert-OH is 1. The summed E-state index contributed by atoms with van der Waals surface area (Å²) in [7, 11) is 0. The molecule has 0 spiro atoms. The van der Waals surface area contributed by atoms with Crippen LogP contribution >= 0.6 is 0 Å². The monoisotopic (exact) mass is 430 g/mol. The van der Waals surface area contributed by atoms with Crippen LogP contribution in [0.5, 0.6) is 0 Å². The Hall–Kier alpha value is -0.900. The van der Waals surface area contributed by atoms with E-state index >= 15 is 0 Å². The molecule has 0 bridgehead atoms. The van der Waals surface area contributed by atoms with E-state index in [-0.39, 0.29) is 0 Å². The van der Waals surface area contributed by atoms with Crippen molar-refractivity contribution < 1.29 is 15.3 Å². The fraction of sp³-hybridized carbons (Fsp3) is 0.786. The van der Waals surface area contributed by atoms with E-state index in [1.165, 1.54) is 32.1 Å². The predicted octanol–water partition coefficient (Wildman–Crippen LogP) is 6.09. The summed E-state index contributed by atoms with van der Waals surface area (Å²) in [5.74, 6) is 2.09. The zero-order valence-corrected chi connectivity index (χ0v) is 20.6. The third-order valence-electron chi connectivity index (χ3n) is 8.69. The molecule has 0 amide bonds. The lowest BCUT2D eigenvalue weighted by Crippen LogP contribution is -2.37. The van der Waals surface area contributed by atoms with Gasteiger partial charge in [-0.05, 0) is 93.6 Å². The fourth-order valence-corrected chi connectivity index (χ4v) is 7.00. The fourth-order valence-electron chi connectivity index (χ4n) is 7.00. The normalized spacial score (nSPS) is 40.4. The van der Waals surface area contributed by atoms with Gasteiger partial charge in [-0.2, -0.15) is 0 Å². The molecule has 3 aliphatic carbocycles. The van der Waals surface area contributed by atoms with Crippen molar-refractivity contribution >= 4 is 0 Å². The number of hydrogen-bond acceptors (Lipinski definition) is 3. The maximum Gasteiger partial charge on any atom is 0.0814 e. The van der Waals surface area contributed by atoms with E-state index < -0.39 is 17.3 Å². The second-order valence-corrected chi connectivity index (χ2v) is 12.1. The minimum absolute atomic E-state index is 0.366. The Morgan fingerprint density at radius 3 is 2.61 bits per heavy atom. The van der Waals surface area contributed by atoms with Crippen molar-refractivity contribution in [2.24, 2.45) is 23.2 Å². The van der Waals surface area contributed by atoms with Crippen LogP contribution in [0.3, 0.4) is 0 Å². The van der Waals surface area contributed by atoms with E-state index in [0.717, 1.165) is 36.3 Å². The SMILES string of the molecule is C=C1C(=CC=C2CCC[C@@]3(C)C2CCC3[C@@H](C)CCCC(C)(C)O)C[C@](C)(O)C[C@H]1O. The van der Waals surface area contributed by atoms with Crippen molar-refractivity contribution in [3.8, 4) is 0 Å². The van der Waals surface area contributed by atoms with Crippen LogP contribution < -0.4 is 0 Å². The van der Waals surface area contributed by atoms with Gasteiger partial charge in [0.05, 0.1) is 17.3 Å². The van der Waals surface area contributed by atoms with Crippen LogP contribution in [0.2, 0.25) is 0 Å². The molecule has 6 atom stereocenters. The van der Waals surface area contributed by atoms with Crippen LogP contribution in [0.4, 0.5) is 0 Å². The average Bonchev–Trinajstić information content (AvgIpc) is 2.99. The van der Waals surface area contributed by atoms with Gasteiger partial charge in [0.2, 0.25) is 0 Å². The molecular formula is C28H46O3. The van der Waals surface area contributed by atoms with Gasteiger partial charge in [-0.3, -0.25) is 0 Å². The van der Waals surface area contributed by atoms with E-state index in [1.54, 1.807) is 5.57 Å². The molecule has 0 saturated heterocycles. The summed E-state index contributed by atoms with van der Waals surface area (Å²) in [5.41, 5.74) is 2.27. The van der Waals surface area contributed by atoms with Crippen molar-refractivity contribution in [1.29, 1.82) is 0 Å². The second-order valence-electron chi connectivity index (χ2n) is 12.1. The molecule has 3 N–H and O–H groups in total. The van der Waals surface area contributed by atoms with E-state index in [9.17, 15) is 15.3 Å². The summed E-state index contributed by atoms with van der Waals surface area (Å²) in [6, 6.07) is 0. The quantitative estimate of drug-likeness (QED) is 0.477. The Morgan fingerprint density at radius 2 is 1.94 bits per heavy atom. The Labute approximate surface area is 190 Å². The molecule has 3 nitrogen and oxygen atoms in total. The summed E-state index contributed by atoms with van der Waals surface area (Å²) in [5, 5.41) is 30.8. The van der Waals surface area contributed by atoms with Gasteiger partial charge in [0.25, 0.3) is 0 Å². The van der Waals surface area contributed by atoms with Crippen molar-refractivity contribution in [3.05, 3.63) is 35.5 Å². The van der Waals surface area contributed by atoms with Gasteiger partial charge in [-0.15, -0.1) is 0 Å². The predicted molar refractivity (Wildman–Crippen MR) is 129 cm³/mol. The summed E-state index contributed by atoms with van der Waals surface area (Å²) in [4.78, 5) is 0. The topological polar surface area (TPSA) is 60.7 Å². The molecule has 0 aromatic rings. The largest absolute Gasteiger partial charge is 0.390 e. The molecule has 0 aromatic heterocycles. The third kappa shape index (κ3) is 5.72. The number of rotatable bonds is 6. The smallest absolute Gasteiger partial charge is 0.0814 e. The molecule has 3 heteroatoms. The highest BCUT2D eigenvalue weighted by atomic mass is 16.3. The summed E-state index contributed by atoms with van der Waals surface area (Å²) in [6.07, 6.45) is 14.2. The minimum Gasteiger partial charge on any atom is -0.390 e. The Bertz CT molecular complexity index is 723. The zero-order chi connectivity index (χ0) is 23.0. The zero-order valence-electron chi connectivity index (χ0n) is 20.6. The summed E-state index contributed by atoms with van der Waals surface area (Å²) < 4.78 is 0. The Morgan fingerprint density at radius 1 is 1.23 bits per heavy atom. The van der Waals surface area contributed by atoms with Gasteiger partial charge < -0.3 is 15.3 Å². The van der Waals surface area contributed by atoms with Gasteiger partial charge in [-0.25, -0.2) is 0 Å². The second kappa shape index (κ2) is 9.15. The maximum absolute atomic E-state index is 10.5. The van der Waals surface area contributed by atoms with E-state index in [0.29, 0.717) is 30.1 Å². The summed E-state index contributed by atoms with van der Waals surface area (Å²) >= 11 is 0. The molecule has 176 valence electrons. The highest BCUT2D eigenvalue weighted by molar-refractivity contribution is 5.39. The Balaban J connectivity index is 1.72. The van der Waals surface area contributed by atoms with Crippen LogP contribution in [-0.4, -0.2) is 32.6 Å². The number of aliphatic hydroxyl groups is 3. The first kappa shape index (κ1) is 24.7. The Kier molecular flexibility index (Phi) is 7.30. The van der Waals surface area contributed by atoms with Crippen molar-refractivity contribution in [1.82, 2.24) is 0 Å². The van der Waals surface area contributed by atoms with E-state index in [4.69, 9.17) is 0 Å². The van der Waals surface area contributed by atoms with Gasteiger partial charge in [0.15, 0.2) is 0 Å². The molecule has 0 radical (unpaired) electrons. The highest BCUT2D eigenvalue weighted by Gasteiger charge is 2.50. The lowest BCUT2D eigenvalue weighted by atomic mass is 9.60. The minimum atomic E-state index is -0.858. The van der Waals surface area contributed by atoms with E-state index in [2.05, 4.69) is 32.6 Å². The van der Waals surface area contributed by atoms with Gasteiger partial charge >= 0.3 is 0 Å². The summed E-state index contributed by atoms with van der Waals surface area (Å²) in [6.45, 7) is 14.7. The standard InChI is InChI=1S/C28H46O3/c1-19(9-7-15-26(3,4)30)23-13-14-24-21(10-8-16-28(23,24)6)11-12-22-17-27(5,31)18-25(29)20(22)2/h11-12,19,23-25,29-31H,2,7-10,13-18H2,1,3-6H3/t19-,23?,24?,25+,27-,28+/m0/s1. The lowest BCUT2D eigenvalue weighted by molar-refractivity contribution is 0.00361. The van der Waals surface area contributed by atoms with Crippen molar-refractivity contribution in [3.63, 3.8) is 0 Å². The average molecular weight is 431 g/mol. The number of allylic oxidation sites excluding steroid dienone is 3. The van der Waals surface area contributed by atoms with Gasteiger partial charge in [0.1, 0.15) is 0 Å². The van der Waals surface area contributed by atoms with Crippen LogP contribution in [0.25, 0.3) is 0 Å². The molecule has 31 heavy (non-hydrogen) atoms. The van der Waals surface area contributed by atoms with E-state index in [1.807, 2.05) is 20.8 Å². The molecule has 3 aliphatic rings. The van der Waals surface area contributed by atoms with Crippen molar-refractivity contribution in [2.75, 3.05) is 0 Å². The molecule has 0 aliphatic heterocycles. The number of hydrogen-bond donors (Lipinski definition) is 3. The molecule has 3 fully saturated rings. The van der Waals surface area contributed by atoms with Crippen LogP contribution in [0.15, 0.2) is 35.5 Å². The lowest BCUT2D eigenvalue weighted by Gasteiger charge is -2.44. The first-order chi connectivity index (χ1) is 14.3. The maximum atomic E-state index is 10.5. The molecule has 0 aromatic carbocycles. The van der Waals surface area contributed by atoms with Gasteiger partial charge in [-0.1, -0.05) is 51.0 Å². The van der Waals surface area contributed by atoms with Gasteiger partial charge in [0, 0.05) is 12.8 Å². The molecule has 3 rings (SSSR count). The molecular weight excluding hydrogens is 384 g/mol.